The lowest BCUT2D eigenvalue weighted by Gasteiger charge is -2.39. The number of fused-ring (bicyclic) bond motifs is 2. The summed E-state index contributed by atoms with van der Waals surface area (Å²) in [5.74, 6) is 0. The molecule has 5 heteroatoms. The second-order valence-electron chi connectivity index (χ2n) is 8.00. The lowest BCUT2D eigenvalue weighted by atomic mass is 9.76. The number of carbonyl (C=O) groups excluding carboxylic acids is 1. The lowest BCUT2D eigenvalue weighted by molar-refractivity contribution is 0.0161. The van der Waals surface area contributed by atoms with Crippen LogP contribution in [0, 0.1) is 0 Å². The smallest absolute Gasteiger partial charge is 0.410 e. The van der Waals surface area contributed by atoms with Gasteiger partial charge in [0.05, 0.1) is 5.69 Å². The van der Waals surface area contributed by atoms with Crippen molar-refractivity contribution in [3.8, 4) is 0 Å². The summed E-state index contributed by atoms with van der Waals surface area (Å²) in [4.78, 5) is 14.1. The Morgan fingerprint density at radius 2 is 1.91 bits per heavy atom. The van der Waals surface area contributed by atoms with Gasteiger partial charge >= 0.3 is 6.09 Å². The summed E-state index contributed by atoms with van der Waals surface area (Å²) in [5.41, 5.74) is 3.91. The van der Waals surface area contributed by atoms with E-state index >= 15 is 0 Å². The third kappa shape index (κ3) is 2.86. The van der Waals surface area contributed by atoms with E-state index in [4.69, 9.17) is 9.84 Å². The molecule has 1 aliphatic heterocycles. The fourth-order valence-electron chi connectivity index (χ4n) is 4.15. The van der Waals surface area contributed by atoms with Gasteiger partial charge in [-0.1, -0.05) is 6.92 Å². The third-order valence-corrected chi connectivity index (χ3v) is 5.34. The number of likely N-dealkylation sites (tertiary alicyclic amines) is 1. The van der Waals surface area contributed by atoms with E-state index in [0.29, 0.717) is 0 Å². The maximum Gasteiger partial charge on any atom is 0.410 e. The largest absolute Gasteiger partial charge is 0.444 e. The molecular formula is C18H29N3O2. The average Bonchev–Trinajstić information content (AvgIpc) is 2.95. The van der Waals surface area contributed by atoms with Gasteiger partial charge < -0.3 is 9.64 Å². The molecule has 0 N–H and O–H groups in total. The highest BCUT2D eigenvalue weighted by Crippen LogP contribution is 2.46. The Labute approximate surface area is 139 Å². The van der Waals surface area contributed by atoms with E-state index in [1.165, 1.54) is 23.4 Å². The first-order valence-corrected chi connectivity index (χ1v) is 8.79. The molecule has 23 heavy (non-hydrogen) atoms. The van der Waals surface area contributed by atoms with Crippen LogP contribution in [0.5, 0.6) is 0 Å². The summed E-state index contributed by atoms with van der Waals surface area (Å²) >= 11 is 0. The molecule has 128 valence electrons. The third-order valence-electron chi connectivity index (χ3n) is 5.34. The van der Waals surface area contributed by atoms with Gasteiger partial charge in [-0.25, -0.2) is 4.79 Å². The molecule has 2 heterocycles. The molecule has 1 aromatic rings. The Balaban J connectivity index is 1.72. The number of aromatic nitrogens is 2. The predicted molar refractivity (Wildman–Crippen MR) is 89.6 cm³/mol. The van der Waals surface area contributed by atoms with Crippen molar-refractivity contribution in [2.75, 3.05) is 13.1 Å². The van der Waals surface area contributed by atoms with Gasteiger partial charge in [-0.15, -0.1) is 0 Å². The van der Waals surface area contributed by atoms with Crippen molar-refractivity contribution in [3.05, 3.63) is 17.0 Å². The molecule has 0 aromatic carbocycles. The number of amides is 1. The van der Waals surface area contributed by atoms with Crippen LogP contribution in [0.4, 0.5) is 4.79 Å². The van der Waals surface area contributed by atoms with E-state index in [1.807, 2.05) is 25.7 Å². The molecule has 3 rings (SSSR count). The number of ether oxygens (including phenoxy) is 1. The molecule has 1 amide bonds. The zero-order valence-electron chi connectivity index (χ0n) is 15.1. The number of aryl methyl sites for hydroxylation is 1. The van der Waals surface area contributed by atoms with Crippen LogP contribution in [0.2, 0.25) is 0 Å². The van der Waals surface area contributed by atoms with Crippen LogP contribution in [-0.4, -0.2) is 39.5 Å². The van der Waals surface area contributed by atoms with E-state index in [0.717, 1.165) is 38.8 Å². The van der Waals surface area contributed by atoms with Crippen molar-refractivity contribution in [2.45, 2.75) is 70.8 Å². The van der Waals surface area contributed by atoms with Crippen LogP contribution in [0.25, 0.3) is 0 Å². The van der Waals surface area contributed by atoms with Gasteiger partial charge in [0.2, 0.25) is 0 Å². The van der Waals surface area contributed by atoms with Crippen LogP contribution >= 0.6 is 0 Å². The molecule has 0 saturated carbocycles. The normalized spacial score (nSPS) is 20.0. The van der Waals surface area contributed by atoms with Crippen molar-refractivity contribution >= 4 is 6.09 Å². The first-order chi connectivity index (χ1) is 10.8. The fourth-order valence-corrected chi connectivity index (χ4v) is 4.15. The van der Waals surface area contributed by atoms with Crippen molar-refractivity contribution in [2.24, 2.45) is 7.05 Å². The summed E-state index contributed by atoms with van der Waals surface area (Å²) < 4.78 is 7.57. The van der Waals surface area contributed by atoms with Gasteiger partial charge in [0.1, 0.15) is 5.60 Å². The first kappa shape index (κ1) is 16.3. The van der Waals surface area contributed by atoms with E-state index < -0.39 is 5.60 Å². The van der Waals surface area contributed by atoms with Gasteiger partial charge in [0.25, 0.3) is 0 Å². The molecule has 0 unspecified atom stereocenters. The number of rotatable bonds is 1. The highest BCUT2D eigenvalue weighted by Gasteiger charge is 2.45. The lowest BCUT2D eigenvalue weighted by Crippen LogP contribution is -2.46. The quantitative estimate of drug-likeness (QED) is 0.798. The Morgan fingerprint density at radius 3 is 2.48 bits per heavy atom. The number of hydrogen-bond acceptors (Lipinski definition) is 3. The number of nitrogens with zero attached hydrogens (tertiary/aromatic N) is 3. The molecule has 1 saturated heterocycles. The zero-order chi connectivity index (χ0) is 16.8. The van der Waals surface area contributed by atoms with Crippen LogP contribution in [-0.2, 0) is 30.0 Å². The summed E-state index contributed by atoms with van der Waals surface area (Å²) in [7, 11) is 2.06. The highest BCUT2D eigenvalue weighted by molar-refractivity contribution is 5.68. The molecule has 2 aliphatic rings. The molecule has 1 aliphatic carbocycles. The number of hydrogen-bond donors (Lipinski definition) is 0. The van der Waals surface area contributed by atoms with Gasteiger partial charge in [-0.05, 0) is 58.4 Å². The minimum Gasteiger partial charge on any atom is -0.444 e. The molecular weight excluding hydrogens is 290 g/mol. The second kappa shape index (κ2) is 5.53. The molecule has 5 nitrogen and oxygen atoms in total. The van der Waals surface area contributed by atoms with Gasteiger partial charge in [0, 0.05) is 31.2 Å². The topological polar surface area (TPSA) is 47.4 Å². The van der Waals surface area contributed by atoms with Crippen molar-refractivity contribution in [1.29, 1.82) is 0 Å². The maximum atomic E-state index is 12.3. The molecule has 1 aromatic heterocycles. The van der Waals surface area contributed by atoms with E-state index in [2.05, 4.69) is 18.7 Å². The fraction of sp³-hybridized carbons (Fsp3) is 0.778. The summed E-state index contributed by atoms with van der Waals surface area (Å²) in [6.45, 7) is 9.49. The predicted octanol–water partition coefficient (Wildman–Crippen LogP) is 3.20. The Hall–Kier alpha value is -1.52. The Bertz CT molecular complexity index is 605. The minimum atomic E-state index is -0.427. The van der Waals surface area contributed by atoms with E-state index in [9.17, 15) is 4.79 Å². The van der Waals surface area contributed by atoms with E-state index in [1.54, 1.807) is 0 Å². The van der Waals surface area contributed by atoms with Crippen LogP contribution in [0.3, 0.4) is 0 Å². The molecule has 0 atom stereocenters. The standard InChI is InChI=1S/C18H29N3O2/c1-6-14-13-7-8-18(15(13)19-20(14)5)9-11-21(12-10-18)16(22)23-17(2,3)4/h6-12H2,1-5H3. The van der Waals surface area contributed by atoms with Crippen molar-refractivity contribution in [1.82, 2.24) is 14.7 Å². The van der Waals surface area contributed by atoms with Crippen LogP contribution in [0.15, 0.2) is 0 Å². The molecule has 0 bridgehead atoms. The van der Waals surface area contributed by atoms with Crippen LogP contribution in [0.1, 0.15) is 63.9 Å². The molecule has 1 spiro atoms. The highest BCUT2D eigenvalue weighted by atomic mass is 16.6. The van der Waals surface area contributed by atoms with Crippen molar-refractivity contribution < 1.29 is 9.53 Å². The zero-order valence-corrected chi connectivity index (χ0v) is 15.1. The minimum absolute atomic E-state index is 0.180. The molecule has 0 radical (unpaired) electrons. The first-order valence-electron chi connectivity index (χ1n) is 8.79. The number of piperidine rings is 1. The van der Waals surface area contributed by atoms with E-state index in [-0.39, 0.29) is 11.5 Å². The Kier molecular flexibility index (Phi) is 3.93. The summed E-state index contributed by atoms with van der Waals surface area (Å²) in [6, 6.07) is 0. The Morgan fingerprint density at radius 1 is 1.26 bits per heavy atom. The van der Waals surface area contributed by atoms with Gasteiger partial charge in [-0.3, -0.25) is 4.68 Å². The second-order valence-corrected chi connectivity index (χ2v) is 8.00. The van der Waals surface area contributed by atoms with Gasteiger partial charge in [0.15, 0.2) is 0 Å². The number of carbonyl (C=O) groups is 1. The maximum absolute atomic E-state index is 12.3. The van der Waals surface area contributed by atoms with Gasteiger partial charge in [-0.2, -0.15) is 5.10 Å². The SMILES string of the molecule is CCc1c2c(nn1C)C1(CC2)CCN(C(=O)OC(C)(C)C)CC1. The monoisotopic (exact) mass is 319 g/mol. The summed E-state index contributed by atoms with van der Waals surface area (Å²) in [5, 5.41) is 4.85. The average molecular weight is 319 g/mol. The summed E-state index contributed by atoms with van der Waals surface area (Å²) in [6.07, 6.45) is 5.18. The molecule has 1 fully saturated rings. The van der Waals surface area contributed by atoms with Crippen molar-refractivity contribution in [3.63, 3.8) is 0 Å². The van der Waals surface area contributed by atoms with Crippen LogP contribution < -0.4 is 0 Å².